The van der Waals surface area contributed by atoms with Crippen LogP contribution in [0.3, 0.4) is 0 Å². The van der Waals surface area contributed by atoms with Gasteiger partial charge in [0.05, 0.1) is 11.6 Å². The fourth-order valence-electron chi connectivity index (χ4n) is 5.27. The van der Waals surface area contributed by atoms with E-state index in [4.69, 9.17) is 14.5 Å². The largest absolute Gasteiger partial charge is 0.506 e. The molecule has 1 N–H and O–H groups in total. The first-order valence-corrected chi connectivity index (χ1v) is 12.7. The Balaban J connectivity index is 1.43. The van der Waals surface area contributed by atoms with Crippen molar-refractivity contribution in [1.29, 1.82) is 0 Å². The van der Waals surface area contributed by atoms with Gasteiger partial charge in [-0.2, -0.15) is 0 Å². The molecular formula is C30H25F3N2O3. The third-order valence-corrected chi connectivity index (χ3v) is 7.03. The lowest BCUT2D eigenvalue weighted by Crippen LogP contribution is -2.20. The summed E-state index contributed by atoms with van der Waals surface area (Å²) in [5, 5.41) is 11.1. The number of aryl methyl sites for hydroxylation is 1. The van der Waals surface area contributed by atoms with Crippen molar-refractivity contribution < 1.29 is 27.8 Å². The molecule has 1 aliphatic heterocycles. The van der Waals surface area contributed by atoms with E-state index in [1.165, 1.54) is 6.07 Å². The second-order valence-electron chi connectivity index (χ2n) is 9.89. The highest BCUT2D eigenvalue weighted by Crippen LogP contribution is 2.36. The Hall–Kier alpha value is -4.07. The van der Waals surface area contributed by atoms with Gasteiger partial charge in [0.2, 0.25) is 11.8 Å². The predicted octanol–water partition coefficient (Wildman–Crippen LogP) is 7.60. The maximum Gasteiger partial charge on any atom is 0.219 e. The summed E-state index contributed by atoms with van der Waals surface area (Å²) in [7, 11) is 0. The van der Waals surface area contributed by atoms with E-state index in [1.807, 2.05) is 13.0 Å². The molecule has 0 spiro atoms. The van der Waals surface area contributed by atoms with E-state index in [1.54, 1.807) is 30.3 Å². The predicted molar refractivity (Wildman–Crippen MR) is 138 cm³/mol. The van der Waals surface area contributed by atoms with Crippen molar-refractivity contribution in [2.24, 2.45) is 4.99 Å². The van der Waals surface area contributed by atoms with E-state index in [9.17, 15) is 18.3 Å². The number of halogens is 3. The Morgan fingerprint density at radius 2 is 1.66 bits per heavy atom. The van der Waals surface area contributed by atoms with E-state index in [0.717, 1.165) is 43.1 Å². The minimum atomic E-state index is -1.03. The summed E-state index contributed by atoms with van der Waals surface area (Å²) in [6.07, 6.45) is 5.06. The number of aromatic hydroxyl groups is 1. The maximum atomic E-state index is 14.8. The van der Waals surface area contributed by atoms with Crippen molar-refractivity contribution in [3.8, 4) is 28.5 Å². The molecule has 0 radical (unpaired) electrons. The number of ether oxygens (including phenoxy) is 2. The van der Waals surface area contributed by atoms with Gasteiger partial charge in [0.1, 0.15) is 40.6 Å². The topological polar surface area (TPSA) is 63.9 Å². The molecule has 8 heteroatoms. The Kier molecular flexibility index (Phi) is 6.18. The van der Waals surface area contributed by atoms with Crippen LogP contribution in [0.1, 0.15) is 43.2 Å². The quantitative estimate of drug-likeness (QED) is 0.302. The summed E-state index contributed by atoms with van der Waals surface area (Å²) in [6.45, 7) is 1.87. The molecule has 1 aliphatic carbocycles. The molecule has 1 fully saturated rings. The monoisotopic (exact) mass is 518 g/mol. The molecule has 4 aromatic rings. The smallest absolute Gasteiger partial charge is 0.219 e. The molecule has 3 aromatic carbocycles. The SMILES string of the molecule is Cc1cc(O)c2nc(Oc3cc(C4=N[C@H]5CCCCC[C@@H]5O4)cc(-c4c(F)cc(F)cc4F)c3)ccc2c1. The lowest BCUT2D eigenvalue weighted by atomic mass is 10.0. The van der Waals surface area contributed by atoms with Crippen LogP contribution in [0.4, 0.5) is 13.2 Å². The molecule has 5 nitrogen and oxygen atoms in total. The van der Waals surface area contributed by atoms with Crippen molar-refractivity contribution in [3.05, 3.63) is 83.2 Å². The average Bonchev–Trinajstić information content (AvgIpc) is 3.14. The zero-order chi connectivity index (χ0) is 26.4. The van der Waals surface area contributed by atoms with Crippen molar-refractivity contribution in [2.75, 3.05) is 0 Å². The van der Waals surface area contributed by atoms with Gasteiger partial charge in [-0.1, -0.05) is 12.8 Å². The van der Waals surface area contributed by atoms with Gasteiger partial charge in [0.25, 0.3) is 0 Å². The number of aromatic nitrogens is 1. The molecule has 0 amide bonds. The van der Waals surface area contributed by atoms with Crippen LogP contribution in [0.25, 0.3) is 22.0 Å². The van der Waals surface area contributed by atoms with Gasteiger partial charge in [-0.3, -0.25) is 0 Å². The minimum Gasteiger partial charge on any atom is -0.506 e. The van der Waals surface area contributed by atoms with E-state index in [-0.39, 0.29) is 40.7 Å². The number of nitrogens with zero attached hydrogens (tertiary/aromatic N) is 2. The third-order valence-electron chi connectivity index (χ3n) is 7.03. The number of aliphatic imine (C=N–C) groups is 1. The standard InChI is InChI=1S/C30H25F3N2O3/c1-16-9-17-7-8-27(35-29(17)25(36)10-16)37-21-12-18(28-22(32)14-20(31)15-23(28)33)11-19(13-21)30-34-24-5-3-2-4-6-26(24)38-30/h7-15,24,26,36H,2-6H2,1H3/t24-,26-/m0/s1. The number of hydrogen-bond acceptors (Lipinski definition) is 5. The Labute approximate surface area is 217 Å². The number of benzene rings is 3. The molecule has 0 bridgehead atoms. The number of phenolic OH excluding ortho intramolecular Hbond substituents is 1. The second-order valence-corrected chi connectivity index (χ2v) is 9.89. The number of rotatable bonds is 4. The molecule has 194 valence electrons. The highest BCUT2D eigenvalue weighted by Gasteiger charge is 2.33. The molecule has 0 saturated heterocycles. The molecule has 2 atom stereocenters. The summed E-state index contributed by atoms with van der Waals surface area (Å²) in [4.78, 5) is 9.21. The molecule has 6 rings (SSSR count). The third kappa shape index (κ3) is 4.66. The van der Waals surface area contributed by atoms with Gasteiger partial charge < -0.3 is 14.6 Å². The van der Waals surface area contributed by atoms with Crippen LogP contribution in [0.15, 0.2) is 59.6 Å². The highest BCUT2D eigenvalue weighted by molar-refractivity contribution is 5.97. The van der Waals surface area contributed by atoms with Gasteiger partial charge in [-0.25, -0.2) is 23.1 Å². The Bertz CT molecular complexity index is 1560. The molecule has 2 aliphatic rings. The number of pyridine rings is 1. The van der Waals surface area contributed by atoms with Crippen molar-refractivity contribution in [3.63, 3.8) is 0 Å². The van der Waals surface area contributed by atoms with E-state index in [0.29, 0.717) is 29.1 Å². The van der Waals surface area contributed by atoms with Gasteiger partial charge >= 0.3 is 0 Å². The molecular weight excluding hydrogens is 493 g/mol. The van der Waals surface area contributed by atoms with Crippen molar-refractivity contribution in [1.82, 2.24) is 4.98 Å². The summed E-state index contributed by atoms with van der Waals surface area (Å²) in [5.41, 5.74) is 1.51. The zero-order valence-corrected chi connectivity index (χ0v) is 20.7. The normalized spacial score (nSPS) is 19.0. The Morgan fingerprint density at radius 3 is 2.47 bits per heavy atom. The molecule has 1 saturated carbocycles. The maximum absolute atomic E-state index is 14.8. The minimum absolute atomic E-state index is 0.0163. The van der Waals surface area contributed by atoms with Gasteiger partial charge in [-0.05, 0) is 73.7 Å². The second kappa shape index (κ2) is 9.67. The lowest BCUT2D eigenvalue weighted by Gasteiger charge is -2.15. The summed E-state index contributed by atoms with van der Waals surface area (Å²) >= 11 is 0. The van der Waals surface area contributed by atoms with Crippen LogP contribution in [-0.4, -0.2) is 28.1 Å². The fourth-order valence-corrected chi connectivity index (χ4v) is 5.27. The fraction of sp³-hybridized carbons (Fsp3) is 0.267. The first-order chi connectivity index (χ1) is 18.3. The van der Waals surface area contributed by atoms with Crippen molar-refractivity contribution >= 4 is 16.8 Å². The molecule has 38 heavy (non-hydrogen) atoms. The highest BCUT2D eigenvalue weighted by atomic mass is 19.1. The Morgan fingerprint density at radius 1 is 0.895 bits per heavy atom. The first kappa shape index (κ1) is 24.3. The lowest BCUT2D eigenvalue weighted by molar-refractivity contribution is 0.184. The van der Waals surface area contributed by atoms with E-state index >= 15 is 0 Å². The first-order valence-electron chi connectivity index (χ1n) is 12.7. The van der Waals surface area contributed by atoms with Crippen LogP contribution >= 0.6 is 0 Å². The average molecular weight is 519 g/mol. The van der Waals surface area contributed by atoms with Gasteiger partial charge in [0.15, 0.2) is 0 Å². The summed E-state index contributed by atoms with van der Waals surface area (Å²) < 4.78 is 55.4. The van der Waals surface area contributed by atoms with Crippen LogP contribution in [0, 0.1) is 24.4 Å². The molecule has 2 heterocycles. The number of fused-ring (bicyclic) bond motifs is 2. The summed E-state index contributed by atoms with van der Waals surface area (Å²) in [6, 6.07) is 12.9. The van der Waals surface area contributed by atoms with Crippen LogP contribution in [-0.2, 0) is 4.74 Å². The zero-order valence-electron chi connectivity index (χ0n) is 20.7. The van der Waals surface area contributed by atoms with Crippen LogP contribution in [0.2, 0.25) is 0 Å². The van der Waals surface area contributed by atoms with Gasteiger partial charge in [0, 0.05) is 29.1 Å². The van der Waals surface area contributed by atoms with E-state index in [2.05, 4.69) is 4.98 Å². The van der Waals surface area contributed by atoms with Gasteiger partial charge in [-0.15, -0.1) is 0 Å². The van der Waals surface area contributed by atoms with E-state index < -0.39 is 17.5 Å². The molecule has 1 aromatic heterocycles. The number of hydrogen-bond donors (Lipinski definition) is 1. The molecule has 0 unspecified atom stereocenters. The number of phenols is 1. The summed E-state index contributed by atoms with van der Waals surface area (Å²) in [5.74, 6) is -2.26. The van der Waals surface area contributed by atoms with Crippen molar-refractivity contribution in [2.45, 2.75) is 51.2 Å². The van der Waals surface area contributed by atoms with Crippen LogP contribution in [0.5, 0.6) is 17.4 Å². The van der Waals surface area contributed by atoms with Crippen LogP contribution < -0.4 is 4.74 Å².